The Labute approximate surface area is 114 Å². The quantitative estimate of drug-likeness (QED) is 0.767. The number of hydrogen-bond donors (Lipinski definition) is 2. The van der Waals surface area contributed by atoms with E-state index in [1.165, 1.54) is 7.11 Å². The number of nitrogens with zero attached hydrogens (tertiary/aromatic N) is 2. The first-order valence-electron chi connectivity index (χ1n) is 6.35. The maximum Gasteiger partial charge on any atom is 0.330 e. The molecule has 0 aliphatic rings. The van der Waals surface area contributed by atoms with Crippen molar-refractivity contribution in [1.29, 1.82) is 0 Å². The normalized spacial score (nSPS) is 11.0. The number of nitrogens with one attached hydrogen (secondary N) is 2. The van der Waals surface area contributed by atoms with Gasteiger partial charge in [-0.3, -0.25) is 0 Å². The zero-order valence-corrected chi connectivity index (χ0v) is 12.2. The largest absolute Gasteiger partial charge is 0.467 e. The van der Waals surface area contributed by atoms with Crippen LogP contribution in [0.15, 0.2) is 6.07 Å². The minimum absolute atomic E-state index is 0.341. The minimum Gasteiger partial charge on any atom is -0.467 e. The van der Waals surface area contributed by atoms with Gasteiger partial charge in [0.05, 0.1) is 7.11 Å². The summed E-state index contributed by atoms with van der Waals surface area (Å²) in [5.41, 5.74) is -0.836. The lowest BCUT2D eigenvalue weighted by Gasteiger charge is -2.24. The number of rotatable bonds is 6. The van der Waals surface area contributed by atoms with Crippen molar-refractivity contribution in [1.82, 2.24) is 9.97 Å². The van der Waals surface area contributed by atoms with E-state index in [1.54, 1.807) is 19.9 Å². The van der Waals surface area contributed by atoms with E-state index >= 15 is 0 Å². The van der Waals surface area contributed by atoms with Gasteiger partial charge in [-0.2, -0.15) is 0 Å². The van der Waals surface area contributed by atoms with E-state index in [1.807, 2.05) is 6.92 Å². The van der Waals surface area contributed by atoms with Crippen molar-refractivity contribution in [3.8, 4) is 0 Å². The van der Waals surface area contributed by atoms with Gasteiger partial charge in [0, 0.05) is 12.6 Å². The van der Waals surface area contributed by atoms with Crippen molar-refractivity contribution in [2.75, 3.05) is 24.3 Å². The van der Waals surface area contributed by atoms with E-state index in [0.29, 0.717) is 11.6 Å². The molecule has 0 saturated carbocycles. The van der Waals surface area contributed by atoms with E-state index in [-0.39, 0.29) is 5.97 Å². The summed E-state index contributed by atoms with van der Waals surface area (Å²) in [6.45, 7) is 8.23. The van der Waals surface area contributed by atoms with E-state index in [2.05, 4.69) is 27.5 Å². The van der Waals surface area contributed by atoms with Gasteiger partial charge in [-0.25, -0.2) is 14.8 Å². The average molecular weight is 266 g/mol. The molecule has 0 aliphatic heterocycles. The molecule has 0 aromatic carbocycles. The predicted molar refractivity (Wildman–Crippen MR) is 75.3 cm³/mol. The van der Waals surface area contributed by atoms with Crippen LogP contribution in [0.4, 0.5) is 11.6 Å². The van der Waals surface area contributed by atoms with Gasteiger partial charge in [-0.1, -0.05) is 6.92 Å². The fraction of sp³-hybridized carbons (Fsp3) is 0.615. The van der Waals surface area contributed by atoms with Crippen molar-refractivity contribution in [2.24, 2.45) is 0 Å². The summed E-state index contributed by atoms with van der Waals surface area (Å²) in [6, 6.07) is 1.79. The molecule has 6 heteroatoms. The van der Waals surface area contributed by atoms with Gasteiger partial charge in [0.2, 0.25) is 0 Å². The highest BCUT2D eigenvalue weighted by molar-refractivity contribution is 5.83. The first-order valence-corrected chi connectivity index (χ1v) is 6.35. The number of esters is 1. The summed E-state index contributed by atoms with van der Waals surface area (Å²) in [4.78, 5) is 20.2. The molecule has 0 aliphatic carbocycles. The molecular weight excluding hydrogens is 244 g/mol. The molecule has 1 aromatic rings. The molecule has 6 nitrogen and oxygen atoms in total. The second-order valence-corrected chi connectivity index (χ2v) is 4.85. The molecule has 19 heavy (non-hydrogen) atoms. The molecule has 0 saturated heterocycles. The Kier molecular flexibility index (Phi) is 5.09. The lowest BCUT2D eigenvalue weighted by Crippen LogP contribution is -2.41. The molecule has 106 valence electrons. The Hall–Kier alpha value is -1.85. The van der Waals surface area contributed by atoms with Crippen molar-refractivity contribution in [2.45, 2.75) is 39.7 Å². The first kappa shape index (κ1) is 15.2. The number of hydrogen-bond acceptors (Lipinski definition) is 6. The van der Waals surface area contributed by atoms with Gasteiger partial charge >= 0.3 is 5.97 Å². The molecule has 0 fully saturated rings. The number of carbonyl (C=O) groups excluding carboxylic acids is 1. The summed E-state index contributed by atoms with van der Waals surface area (Å²) in [7, 11) is 1.37. The molecule has 0 bridgehead atoms. The Morgan fingerprint density at radius 3 is 2.58 bits per heavy atom. The van der Waals surface area contributed by atoms with Gasteiger partial charge in [-0.05, 0) is 27.2 Å². The average Bonchev–Trinajstić information content (AvgIpc) is 2.34. The predicted octanol–water partition coefficient (Wildman–Crippen LogP) is 1.97. The molecule has 0 unspecified atom stereocenters. The highest BCUT2D eigenvalue weighted by Gasteiger charge is 2.29. The van der Waals surface area contributed by atoms with Gasteiger partial charge in [-0.15, -0.1) is 0 Å². The highest BCUT2D eigenvalue weighted by atomic mass is 16.5. The molecule has 1 aromatic heterocycles. The van der Waals surface area contributed by atoms with E-state index in [4.69, 9.17) is 4.74 Å². The third-order valence-corrected chi connectivity index (χ3v) is 2.53. The topological polar surface area (TPSA) is 76.1 Å². The van der Waals surface area contributed by atoms with E-state index < -0.39 is 5.54 Å². The standard InChI is InChI=1S/C13H22N4O2/c1-6-7-14-10-8-11(16-9(2)15-10)17-13(3,4)12(18)19-5/h8H,6-7H2,1-5H3,(H2,14,15,16,17). The molecule has 0 radical (unpaired) electrons. The molecular formula is C13H22N4O2. The van der Waals surface area contributed by atoms with Crippen LogP contribution in [0.25, 0.3) is 0 Å². The fourth-order valence-corrected chi connectivity index (χ4v) is 1.60. The molecule has 1 heterocycles. The monoisotopic (exact) mass is 266 g/mol. The minimum atomic E-state index is -0.836. The third kappa shape index (κ3) is 4.39. The fourth-order valence-electron chi connectivity index (χ4n) is 1.60. The summed E-state index contributed by atoms with van der Waals surface area (Å²) in [6.07, 6.45) is 1.01. The molecule has 0 spiro atoms. The zero-order valence-electron chi connectivity index (χ0n) is 12.2. The lowest BCUT2D eigenvalue weighted by molar-refractivity contribution is -0.144. The second kappa shape index (κ2) is 6.36. The molecule has 1 rings (SSSR count). The number of aromatic nitrogens is 2. The summed E-state index contributed by atoms with van der Waals surface area (Å²) >= 11 is 0. The van der Waals surface area contributed by atoms with Gasteiger partial charge < -0.3 is 15.4 Å². The van der Waals surface area contributed by atoms with Crippen molar-refractivity contribution >= 4 is 17.6 Å². The smallest absolute Gasteiger partial charge is 0.330 e. The maximum absolute atomic E-state index is 11.6. The number of ether oxygens (including phenoxy) is 1. The Morgan fingerprint density at radius 2 is 2.00 bits per heavy atom. The van der Waals surface area contributed by atoms with Crippen LogP contribution < -0.4 is 10.6 Å². The van der Waals surface area contributed by atoms with Crippen LogP contribution in [0.2, 0.25) is 0 Å². The van der Waals surface area contributed by atoms with E-state index in [0.717, 1.165) is 18.8 Å². The van der Waals surface area contributed by atoms with Crippen molar-refractivity contribution in [3.05, 3.63) is 11.9 Å². The number of methoxy groups -OCH3 is 1. The Bertz CT molecular complexity index is 446. The second-order valence-electron chi connectivity index (χ2n) is 4.85. The van der Waals surface area contributed by atoms with Crippen LogP contribution in [0, 0.1) is 6.92 Å². The summed E-state index contributed by atoms with van der Waals surface area (Å²) in [5, 5.41) is 6.26. The summed E-state index contributed by atoms with van der Waals surface area (Å²) < 4.78 is 4.75. The van der Waals surface area contributed by atoms with Gasteiger partial charge in [0.25, 0.3) is 0 Å². The Morgan fingerprint density at radius 1 is 1.37 bits per heavy atom. The van der Waals surface area contributed by atoms with Gasteiger partial charge in [0.1, 0.15) is 23.0 Å². The molecule has 0 atom stereocenters. The van der Waals surface area contributed by atoms with Crippen LogP contribution in [0.5, 0.6) is 0 Å². The van der Waals surface area contributed by atoms with Crippen LogP contribution in [0.3, 0.4) is 0 Å². The highest BCUT2D eigenvalue weighted by Crippen LogP contribution is 2.17. The molecule has 0 amide bonds. The third-order valence-electron chi connectivity index (χ3n) is 2.53. The van der Waals surface area contributed by atoms with Crippen LogP contribution >= 0.6 is 0 Å². The van der Waals surface area contributed by atoms with Crippen molar-refractivity contribution in [3.63, 3.8) is 0 Å². The van der Waals surface area contributed by atoms with Crippen molar-refractivity contribution < 1.29 is 9.53 Å². The number of carbonyl (C=O) groups is 1. The zero-order chi connectivity index (χ0) is 14.5. The SMILES string of the molecule is CCCNc1cc(NC(C)(C)C(=O)OC)nc(C)n1. The number of aryl methyl sites for hydroxylation is 1. The first-order chi connectivity index (χ1) is 8.89. The van der Waals surface area contributed by atoms with Crippen LogP contribution in [-0.2, 0) is 9.53 Å². The van der Waals surface area contributed by atoms with E-state index in [9.17, 15) is 4.79 Å². The number of anilines is 2. The van der Waals surface area contributed by atoms with Gasteiger partial charge in [0.15, 0.2) is 0 Å². The van der Waals surface area contributed by atoms with Crippen LogP contribution in [0.1, 0.15) is 33.0 Å². The summed E-state index contributed by atoms with van der Waals surface area (Å²) in [5.74, 6) is 1.65. The Balaban J connectivity index is 2.88. The molecule has 2 N–H and O–H groups in total. The maximum atomic E-state index is 11.6. The van der Waals surface area contributed by atoms with Crippen LogP contribution in [-0.4, -0.2) is 35.1 Å². The lowest BCUT2D eigenvalue weighted by atomic mass is 10.1.